The Labute approximate surface area is 144 Å². The average molecular weight is 352 g/mol. The third kappa shape index (κ3) is 4.91. The second kappa shape index (κ2) is 7.08. The summed E-state index contributed by atoms with van der Waals surface area (Å²) < 4.78 is 19.0. The van der Waals surface area contributed by atoms with E-state index in [2.05, 4.69) is 0 Å². The smallest absolute Gasteiger partial charge is 0.410 e. The van der Waals surface area contributed by atoms with Crippen LogP contribution in [0.15, 0.2) is 17.7 Å². The Bertz CT molecular complexity index is 724. The average Bonchev–Trinajstić information content (AvgIpc) is 2.49. The first kappa shape index (κ1) is 18.7. The number of carbonyl (C=O) groups excluding carboxylic acids is 1. The summed E-state index contributed by atoms with van der Waals surface area (Å²) in [6.45, 7) is 6.21. The van der Waals surface area contributed by atoms with Crippen molar-refractivity contribution < 1.29 is 24.0 Å². The number of benzene rings is 1. The van der Waals surface area contributed by atoms with Crippen molar-refractivity contribution in [2.45, 2.75) is 39.2 Å². The van der Waals surface area contributed by atoms with E-state index in [1.165, 1.54) is 0 Å². The Morgan fingerprint density at radius 2 is 2.12 bits per heavy atom. The number of nitro groups is 1. The molecular formula is C17H21FN2O5. The van der Waals surface area contributed by atoms with Crippen molar-refractivity contribution in [3.63, 3.8) is 0 Å². The molecule has 0 spiro atoms. The summed E-state index contributed by atoms with van der Waals surface area (Å²) in [5.74, 6) is -2.04. The molecule has 25 heavy (non-hydrogen) atoms. The van der Waals surface area contributed by atoms with Gasteiger partial charge >= 0.3 is 11.8 Å². The van der Waals surface area contributed by atoms with Gasteiger partial charge in [0, 0.05) is 19.2 Å². The molecule has 1 saturated heterocycles. The molecule has 0 radical (unpaired) electrons. The molecule has 0 aromatic heterocycles. The van der Waals surface area contributed by atoms with Crippen LogP contribution in [0, 0.1) is 15.9 Å². The van der Waals surface area contributed by atoms with Crippen molar-refractivity contribution in [2.75, 3.05) is 13.1 Å². The SMILES string of the molecule is CC(C)(C)OC(=O)N1CCC/C(=C\c2cc(F)c(O)c([N+](=O)[O-])c2)C1. The Morgan fingerprint density at radius 3 is 2.72 bits per heavy atom. The van der Waals surface area contributed by atoms with E-state index < -0.39 is 33.9 Å². The minimum atomic E-state index is -1.05. The molecule has 0 bridgehead atoms. The highest BCUT2D eigenvalue weighted by Crippen LogP contribution is 2.31. The lowest BCUT2D eigenvalue weighted by Crippen LogP contribution is -2.40. The number of nitrogens with zero attached hydrogens (tertiary/aromatic N) is 2. The number of amides is 1. The molecule has 0 saturated carbocycles. The number of phenols is 1. The molecule has 0 aliphatic carbocycles. The third-order valence-corrected chi connectivity index (χ3v) is 3.60. The number of piperidine rings is 1. The van der Waals surface area contributed by atoms with Gasteiger partial charge in [-0.15, -0.1) is 0 Å². The van der Waals surface area contributed by atoms with Crippen molar-refractivity contribution in [3.8, 4) is 5.75 Å². The van der Waals surface area contributed by atoms with Gasteiger partial charge in [-0.1, -0.05) is 11.6 Å². The minimum Gasteiger partial charge on any atom is -0.500 e. The molecular weight excluding hydrogens is 331 g/mol. The predicted molar refractivity (Wildman–Crippen MR) is 89.7 cm³/mol. The van der Waals surface area contributed by atoms with Gasteiger partial charge in [0.2, 0.25) is 5.75 Å². The zero-order valence-corrected chi connectivity index (χ0v) is 14.4. The number of phenolic OH excluding ortho intramolecular Hbond substituents is 1. The van der Waals surface area contributed by atoms with Crippen LogP contribution in [0.3, 0.4) is 0 Å². The van der Waals surface area contributed by atoms with Gasteiger partial charge in [-0.2, -0.15) is 0 Å². The largest absolute Gasteiger partial charge is 0.500 e. The Morgan fingerprint density at radius 1 is 1.44 bits per heavy atom. The van der Waals surface area contributed by atoms with E-state index in [1.807, 2.05) is 0 Å². The molecule has 7 nitrogen and oxygen atoms in total. The lowest BCUT2D eigenvalue weighted by atomic mass is 10.0. The van der Waals surface area contributed by atoms with Crippen LogP contribution >= 0.6 is 0 Å². The zero-order chi connectivity index (χ0) is 18.8. The standard InChI is InChI=1S/C17H21FN2O5/c1-17(2,3)25-16(22)19-6-4-5-11(10-19)7-12-8-13(18)15(21)14(9-12)20(23)24/h7-9,21H,4-6,10H2,1-3H3/b11-7+. The summed E-state index contributed by atoms with van der Waals surface area (Å²) in [6.07, 6.45) is 2.58. The van der Waals surface area contributed by atoms with Crippen molar-refractivity contribution in [1.82, 2.24) is 4.90 Å². The summed E-state index contributed by atoms with van der Waals surface area (Å²) in [4.78, 5) is 23.7. The van der Waals surface area contributed by atoms with E-state index in [-0.39, 0.29) is 5.56 Å². The highest BCUT2D eigenvalue weighted by molar-refractivity contribution is 5.69. The molecule has 0 atom stereocenters. The Hall–Kier alpha value is -2.64. The number of likely N-dealkylation sites (tertiary alicyclic amines) is 1. The third-order valence-electron chi connectivity index (χ3n) is 3.60. The topological polar surface area (TPSA) is 92.9 Å². The number of carbonyl (C=O) groups is 1. The highest BCUT2D eigenvalue weighted by Gasteiger charge is 2.25. The first-order chi connectivity index (χ1) is 11.6. The summed E-state index contributed by atoms with van der Waals surface area (Å²) in [5.41, 5.74) is -0.190. The Kier molecular flexibility index (Phi) is 5.30. The van der Waals surface area contributed by atoms with Crippen molar-refractivity contribution in [1.29, 1.82) is 0 Å². The zero-order valence-electron chi connectivity index (χ0n) is 14.4. The van der Waals surface area contributed by atoms with Crippen LogP contribution in [0.4, 0.5) is 14.9 Å². The molecule has 1 aliphatic rings. The normalized spacial score (nSPS) is 16.8. The number of ether oxygens (including phenoxy) is 1. The molecule has 0 unspecified atom stereocenters. The maximum absolute atomic E-state index is 13.7. The number of nitro benzene ring substituents is 1. The summed E-state index contributed by atoms with van der Waals surface area (Å²) in [5, 5.41) is 20.3. The fraction of sp³-hybridized carbons (Fsp3) is 0.471. The predicted octanol–water partition coefficient (Wildman–Crippen LogP) is 3.85. The quantitative estimate of drug-likeness (QED) is 0.644. The first-order valence-electron chi connectivity index (χ1n) is 7.91. The maximum atomic E-state index is 13.7. The van der Waals surface area contributed by atoms with E-state index in [0.29, 0.717) is 25.9 Å². The van der Waals surface area contributed by atoms with Gasteiger partial charge in [0.25, 0.3) is 0 Å². The van der Waals surface area contributed by atoms with E-state index in [0.717, 1.165) is 17.7 Å². The fourth-order valence-corrected chi connectivity index (χ4v) is 2.56. The summed E-state index contributed by atoms with van der Waals surface area (Å²) in [7, 11) is 0. The van der Waals surface area contributed by atoms with Crippen molar-refractivity contribution >= 4 is 17.9 Å². The molecule has 1 aromatic carbocycles. The number of halogens is 1. The maximum Gasteiger partial charge on any atom is 0.410 e. The van der Waals surface area contributed by atoms with Crippen LogP contribution in [0.2, 0.25) is 0 Å². The van der Waals surface area contributed by atoms with E-state index in [4.69, 9.17) is 4.74 Å². The molecule has 1 aromatic rings. The summed E-state index contributed by atoms with van der Waals surface area (Å²) >= 11 is 0. The first-order valence-corrected chi connectivity index (χ1v) is 7.91. The molecule has 1 aliphatic heterocycles. The Balaban J connectivity index is 2.21. The second-order valence-electron chi connectivity index (χ2n) is 6.94. The van der Waals surface area contributed by atoms with Gasteiger partial charge in [-0.3, -0.25) is 10.1 Å². The number of hydrogen-bond acceptors (Lipinski definition) is 5. The van der Waals surface area contributed by atoms with Gasteiger partial charge in [0.15, 0.2) is 5.82 Å². The molecule has 1 N–H and O–H groups in total. The van der Waals surface area contributed by atoms with Crippen LogP contribution in [0.1, 0.15) is 39.2 Å². The molecule has 8 heteroatoms. The van der Waals surface area contributed by atoms with E-state index >= 15 is 0 Å². The monoisotopic (exact) mass is 352 g/mol. The van der Waals surface area contributed by atoms with Gasteiger partial charge in [-0.25, -0.2) is 9.18 Å². The molecule has 1 heterocycles. The van der Waals surface area contributed by atoms with E-state index in [1.54, 1.807) is 31.7 Å². The molecule has 2 rings (SSSR count). The number of hydrogen-bond donors (Lipinski definition) is 1. The van der Waals surface area contributed by atoms with Crippen molar-refractivity contribution in [3.05, 3.63) is 39.2 Å². The van der Waals surface area contributed by atoms with Crippen LogP contribution in [0.25, 0.3) is 6.08 Å². The van der Waals surface area contributed by atoms with E-state index in [9.17, 15) is 24.4 Å². The van der Waals surface area contributed by atoms with Gasteiger partial charge < -0.3 is 14.7 Å². The lowest BCUT2D eigenvalue weighted by Gasteiger charge is -2.31. The van der Waals surface area contributed by atoms with Gasteiger partial charge in [-0.05, 0) is 45.2 Å². The van der Waals surface area contributed by atoms with Crippen LogP contribution in [-0.2, 0) is 4.74 Å². The summed E-state index contributed by atoms with van der Waals surface area (Å²) in [6, 6.07) is 2.14. The van der Waals surface area contributed by atoms with Crippen LogP contribution in [0.5, 0.6) is 5.75 Å². The molecule has 136 valence electrons. The van der Waals surface area contributed by atoms with Gasteiger partial charge in [0.1, 0.15) is 5.60 Å². The highest BCUT2D eigenvalue weighted by atomic mass is 19.1. The second-order valence-corrected chi connectivity index (χ2v) is 6.94. The lowest BCUT2D eigenvalue weighted by molar-refractivity contribution is -0.386. The minimum absolute atomic E-state index is 0.267. The van der Waals surface area contributed by atoms with Gasteiger partial charge in [0.05, 0.1) is 4.92 Å². The number of aromatic hydroxyl groups is 1. The number of rotatable bonds is 2. The van der Waals surface area contributed by atoms with Crippen LogP contribution in [-0.4, -0.2) is 39.7 Å². The molecule has 1 amide bonds. The fourth-order valence-electron chi connectivity index (χ4n) is 2.56. The molecule has 1 fully saturated rings. The van der Waals surface area contributed by atoms with Crippen molar-refractivity contribution in [2.24, 2.45) is 0 Å². The van der Waals surface area contributed by atoms with Crippen LogP contribution < -0.4 is 0 Å².